The van der Waals surface area contributed by atoms with Gasteiger partial charge in [-0.25, -0.2) is 0 Å². The molecule has 0 fully saturated rings. The maximum atomic E-state index is 12.9. The fourth-order valence-electron chi connectivity index (χ4n) is 3.24. The molecule has 0 unspecified atom stereocenters. The highest BCUT2D eigenvalue weighted by Crippen LogP contribution is 2.34. The lowest BCUT2D eigenvalue weighted by Crippen LogP contribution is -2.36. The van der Waals surface area contributed by atoms with Gasteiger partial charge in [-0.1, -0.05) is 11.6 Å². The van der Waals surface area contributed by atoms with Gasteiger partial charge in [0.25, 0.3) is 11.6 Å². The lowest BCUT2D eigenvalue weighted by molar-refractivity contribution is -0.384. The van der Waals surface area contributed by atoms with Crippen molar-refractivity contribution in [3.8, 4) is 11.5 Å². The molecule has 1 aliphatic heterocycles. The van der Waals surface area contributed by atoms with Crippen LogP contribution < -0.4 is 9.47 Å². The van der Waals surface area contributed by atoms with E-state index >= 15 is 0 Å². The zero-order chi connectivity index (χ0) is 20.3. The quantitative estimate of drug-likeness (QED) is 0.531. The van der Waals surface area contributed by atoms with Crippen molar-refractivity contribution in [1.29, 1.82) is 0 Å². The van der Waals surface area contributed by atoms with Crippen LogP contribution in [0.15, 0.2) is 30.3 Å². The second-order valence-corrected chi connectivity index (χ2v) is 6.74. The van der Waals surface area contributed by atoms with E-state index in [-0.39, 0.29) is 22.2 Å². The molecule has 0 N–H and O–H groups in total. The fraction of sp³-hybridized carbons (Fsp3) is 0.350. The van der Waals surface area contributed by atoms with E-state index in [9.17, 15) is 14.9 Å². The zero-order valence-corrected chi connectivity index (χ0v) is 16.5. The number of halogens is 1. The van der Waals surface area contributed by atoms with Gasteiger partial charge in [-0.05, 0) is 49.6 Å². The minimum atomic E-state index is -0.539. The van der Waals surface area contributed by atoms with Crippen molar-refractivity contribution in [2.24, 2.45) is 0 Å². The van der Waals surface area contributed by atoms with Crippen molar-refractivity contribution in [3.05, 3.63) is 62.2 Å². The Labute approximate surface area is 168 Å². The summed E-state index contributed by atoms with van der Waals surface area (Å²) < 4.78 is 11.3. The van der Waals surface area contributed by atoms with E-state index in [1.165, 1.54) is 18.2 Å². The van der Waals surface area contributed by atoms with Crippen LogP contribution >= 0.6 is 11.6 Å². The van der Waals surface area contributed by atoms with Gasteiger partial charge in [0, 0.05) is 25.2 Å². The van der Waals surface area contributed by atoms with Crippen LogP contribution in [0.1, 0.15) is 35.3 Å². The average Bonchev–Trinajstić information content (AvgIpc) is 2.68. The minimum Gasteiger partial charge on any atom is -0.490 e. The highest BCUT2D eigenvalue weighted by atomic mass is 35.5. The van der Waals surface area contributed by atoms with Crippen LogP contribution in [0.25, 0.3) is 0 Å². The first kappa shape index (κ1) is 19.9. The van der Waals surface area contributed by atoms with Crippen molar-refractivity contribution in [3.63, 3.8) is 0 Å². The summed E-state index contributed by atoms with van der Waals surface area (Å²) in [4.78, 5) is 25.1. The third-order valence-electron chi connectivity index (χ3n) is 4.56. The summed E-state index contributed by atoms with van der Waals surface area (Å²) in [6.45, 7) is 5.72. The molecule has 0 radical (unpaired) electrons. The van der Waals surface area contributed by atoms with Crippen LogP contribution in [-0.4, -0.2) is 35.5 Å². The summed E-state index contributed by atoms with van der Waals surface area (Å²) in [6, 6.07) is 7.76. The molecule has 7 nitrogen and oxygen atoms in total. The Hall–Kier alpha value is -2.80. The second-order valence-electron chi connectivity index (χ2n) is 6.33. The van der Waals surface area contributed by atoms with Gasteiger partial charge in [-0.15, -0.1) is 0 Å². The Morgan fingerprint density at radius 3 is 2.39 bits per heavy atom. The van der Waals surface area contributed by atoms with E-state index in [0.717, 1.165) is 11.1 Å². The molecule has 0 spiro atoms. The standard InChI is InChI=1S/C20H21ClN2O5/c1-3-27-18-9-13-7-8-22(12-14(13)10-19(18)28-4-2)20(24)16-11-15(23(25)26)5-6-17(16)21/h5-6,9-11H,3-4,7-8,12H2,1-2H3. The van der Waals surface area contributed by atoms with Gasteiger partial charge in [0.1, 0.15) is 0 Å². The summed E-state index contributed by atoms with van der Waals surface area (Å²) in [5.74, 6) is 1.02. The number of carbonyl (C=O) groups excluding carboxylic acids is 1. The maximum Gasteiger partial charge on any atom is 0.270 e. The van der Waals surface area contributed by atoms with E-state index in [0.29, 0.717) is 44.2 Å². The number of amides is 1. The Bertz CT molecular complexity index is 916. The number of non-ortho nitro benzene ring substituents is 1. The molecule has 28 heavy (non-hydrogen) atoms. The summed E-state index contributed by atoms with van der Waals surface area (Å²) in [6.07, 6.45) is 0.653. The van der Waals surface area contributed by atoms with Gasteiger partial charge in [0.05, 0.1) is 28.7 Å². The van der Waals surface area contributed by atoms with Gasteiger partial charge in [0.15, 0.2) is 11.5 Å². The van der Waals surface area contributed by atoms with Gasteiger partial charge in [-0.2, -0.15) is 0 Å². The van der Waals surface area contributed by atoms with E-state index in [4.69, 9.17) is 21.1 Å². The molecule has 2 aromatic carbocycles. The highest BCUT2D eigenvalue weighted by Gasteiger charge is 2.26. The first-order valence-corrected chi connectivity index (χ1v) is 9.47. The number of rotatable bonds is 6. The molecule has 2 aromatic rings. The summed E-state index contributed by atoms with van der Waals surface area (Å²) in [5, 5.41) is 11.2. The van der Waals surface area contributed by atoms with Crippen molar-refractivity contribution in [2.75, 3.05) is 19.8 Å². The number of nitro benzene ring substituents is 1. The lowest BCUT2D eigenvalue weighted by Gasteiger charge is -2.30. The number of ether oxygens (including phenoxy) is 2. The number of benzene rings is 2. The molecule has 8 heteroatoms. The third-order valence-corrected chi connectivity index (χ3v) is 4.89. The highest BCUT2D eigenvalue weighted by molar-refractivity contribution is 6.33. The Morgan fingerprint density at radius 1 is 1.14 bits per heavy atom. The molecule has 3 rings (SSSR count). The molecule has 0 aromatic heterocycles. The summed E-state index contributed by atoms with van der Waals surface area (Å²) in [5.41, 5.74) is 2.04. The van der Waals surface area contributed by atoms with Gasteiger partial charge >= 0.3 is 0 Å². The molecular formula is C20H21ClN2O5. The van der Waals surface area contributed by atoms with E-state index in [1.807, 2.05) is 26.0 Å². The summed E-state index contributed by atoms with van der Waals surface area (Å²) in [7, 11) is 0. The van der Waals surface area contributed by atoms with Crippen LogP contribution in [0.5, 0.6) is 11.5 Å². The van der Waals surface area contributed by atoms with Crippen molar-refractivity contribution in [1.82, 2.24) is 4.90 Å². The van der Waals surface area contributed by atoms with E-state index in [2.05, 4.69) is 0 Å². The van der Waals surface area contributed by atoms with Crippen molar-refractivity contribution in [2.45, 2.75) is 26.8 Å². The number of carbonyl (C=O) groups is 1. The molecule has 1 heterocycles. The number of nitro groups is 1. The minimum absolute atomic E-state index is 0.135. The Balaban J connectivity index is 1.88. The van der Waals surface area contributed by atoms with Crippen LogP contribution in [-0.2, 0) is 13.0 Å². The first-order chi connectivity index (χ1) is 13.4. The number of nitrogens with zero attached hydrogens (tertiary/aromatic N) is 2. The predicted molar refractivity (Wildman–Crippen MR) is 105 cm³/mol. The number of hydrogen-bond acceptors (Lipinski definition) is 5. The summed E-state index contributed by atoms with van der Waals surface area (Å²) >= 11 is 6.13. The monoisotopic (exact) mass is 404 g/mol. The normalized spacial score (nSPS) is 13.0. The first-order valence-electron chi connectivity index (χ1n) is 9.09. The molecule has 0 saturated heterocycles. The molecular weight excluding hydrogens is 384 g/mol. The second kappa shape index (κ2) is 8.48. The third kappa shape index (κ3) is 4.04. The topological polar surface area (TPSA) is 81.9 Å². The zero-order valence-electron chi connectivity index (χ0n) is 15.7. The number of fused-ring (bicyclic) bond motifs is 1. The molecule has 148 valence electrons. The SMILES string of the molecule is CCOc1cc2c(cc1OCC)CN(C(=O)c1cc([N+](=O)[O-])ccc1Cl)CC2. The molecule has 0 atom stereocenters. The predicted octanol–water partition coefficient (Wildman–Crippen LogP) is 4.24. The molecule has 0 bridgehead atoms. The molecule has 1 amide bonds. The molecule has 1 aliphatic rings. The Morgan fingerprint density at radius 2 is 1.79 bits per heavy atom. The maximum absolute atomic E-state index is 12.9. The van der Waals surface area contributed by atoms with E-state index in [1.54, 1.807) is 4.90 Å². The van der Waals surface area contributed by atoms with Crippen LogP contribution in [0, 0.1) is 10.1 Å². The van der Waals surface area contributed by atoms with Crippen LogP contribution in [0.2, 0.25) is 5.02 Å². The van der Waals surface area contributed by atoms with Crippen LogP contribution in [0.4, 0.5) is 5.69 Å². The molecule has 0 saturated carbocycles. The van der Waals surface area contributed by atoms with Crippen molar-refractivity contribution >= 4 is 23.2 Å². The Kier molecular flexibility index (Phi) is 6.04. The van der Waals surface area contributed by atoms with E-state index < -0.39 is 4.92 Å². The van der Waals surface area contributed by atoms with Crippen LogP contribution in [0.3, 0.4) is 0 Å². The largest absolute Gasteiger partial charge is 0.490 e. The molecule has 0 aliphatic carbocycles. The van der Waals surface area contributed by atoms with Crippen molar-refractivity contribution < 1.29 is 19.2 Å². The van der Waals surface area contributed by atoms with Gasteiger partial charge < -0.3 is 14.4 Å². The smallest absolute Gasteiger partial charge is 0.270 e. The fourth-order valence-corrected chi connectivity index (χ4v) is 3.43. The van der Waals surface area contributed by atoms with Gasteiger partial charge in [-0.3, -0.25) is 14.9 Å². The lowest BCUT2D eigenvalue weighted by atomic mass is 9.98. The average molecular weight is 405 g/mol. The van der Waals surface area contributed by atoms with Gasteiger partial charge in [0.2, 0.25) is 0 Å². The number of hydrogen-bond donors (Lipinski definition) is 0.